The number of hydrazine groups is 1. The Bertz CT molecular complexity index is 177. The van der Waals surface area contributed by atoms with Gasteiger partial charge in [0.2, 0.25) is 0 Å². The van der Waals surface area contributed by atoms with Gasteiger partial charge in [0.1, 0.15) is 0 Å². The molecular weight excluding hydrogens is 162 g/mol. The average molecular weight is 185 g/mol. The molecule has 0 aromatic heterocycles. The number of hydrogen-bond acceptors (Lipinski definition) is 3. The minimum absolute atomic E-state index is 0.0284. The molecule has 0 aliphatic carbocycles. The first-order valence-electron chi connectivity index (χ1n) is 4.69. The van der Waals surface area contributed by atoms with Crippen LogP contribution in [0.5, 0.6) is 0 Å². The van der Waals surface area contributed by atoms with Crippen molar-refractivity contribution in [1.29, 1.82) is 0 Å². The number of rotatable bonds is 5. The van der Waals surface area contributed by atoms with E-state index in [0.717, 1.165) is 12.0 Å². The molecule has 2 atom stereocenters. The summed E-state index contributed by atoms with van der Waals surface area (Å²) in [6.45, 7) is 10.3. The second-order valence-electron chi connectivity index (χ2n) is 4.05. The van der Waals surface area contributed by atoms with Crippen molar-refractivity contribution in [2.45, 2.75) is 38.8 Å². The standard InChI is InChI=1S/C10H23N3/c1-7-10(4,13(5)6)9(12-11)8(2)3/h9,12H,2,7,11H2,1,3-6H3. The number of likely N-dealkylation sites (N-methyl/N-ethyl adjacent to an activating group) is 1. The molecule has 3 N–H and O–H groups in total. The van der Waals surface area contributed by atoms with Crippen molar-refractivity contribution in [3.05, 3.63) is 12.2 Å². The van der Waals surface area contributed by atoms with E-state index >= 15 is 0 Å². The second-order valence-corrected chi connectivity index (χ2v) is 4.05. The maximum Gasteiger partial charge on any atom is 0.0595 e. The molecule has 0 aromatic rings. The third kappa shape index (κ3) is 2.53. The van der Waals surface area contributed by atoms with Gasteiger partial charge in [-0.25, -0.2) is 0 Å². The monoisotopic (exact) mass is 185 g/mol. The Labute approximate surface area is 82.0 Å². The normalized spacial score (nSPS) is 18.4. The minimum Gasteiger partial charge on any atom is -0.302 e. The van der Waals surface area contributed by atoms with E-state index in [2.05, 4.69) is 44.8 Å². The van der Waals surface area contributed by atoms with Gasteiger partial charge in [-0.1, -0.05) is 19.1 Å². The minimum atomic E-state index is 0.0284. The Kier molecular flexibility index (Phi) is 4.61. The van der Waals surface area contributed by atoms with Crippen molar-refractivity contribution in [2.24, 2.45) is 5.84 Å². The molecule has 3 nitrogen and oxygen atoms in total. The molecule has 0 aliphatic rings. The molecule has 0 rings (SSSR count). The van der Waals surface area contributed by atoms with E-state index in [1.165, 1.54) is 0 Å². The van der Waals surface area contributed by atoms with E-state index in [4.69, 9.17) is 5.84 Å². The Hall–Kier alpha value is -0.380. The summed E-state index contributed by atoms with van der Waals surface area (Å²) < 4.78 is 0. The smallest absolute Gasteiger partial charge is 0.0595 e. The van der Waals surface area contributed by atoms with E-state index < -0.39 is 0 Å². The molecular formula is C10H23N3. The first-order valence-corrected chi connectivity index (χ1v) is 4.69. The first-order chi connectivity index (χ1) is 5.90. The van der Waals surface area contributed by atoms with Crippen LogP contribution in [0.3, 0.4) is 0 Å². The van der Waals surface area contributed by atoms with Gasteiger partial charge in [-0.15, -0.1) is 0 Å². The maximum atomic E-state index is 5.54. The summed E-state index contributed by atoms with van der Waals surface area (Å²) in [5.74, 6) is 5.54. The summed E-state index contributed by atoms with van der Waals surface area (Å²) in [6.07, 6.45) is 1.03. The van der Waals surface area contributed by atoms with Gasteiger partial charge in [-0.05, 0) is 34.4 Å². The summed E-state index contributed by atoms with van der Waals surface area (Å²) in [7, 11) is 4.13. The van der Waals surface area contributed by atoms with Crippen LogP contribution in [0, 0.1) is 0 Å². The van der Waals surface area contributed by atoms with E-state index in [1.54, 1.807) is 0 Å². The van der Waals surface area contributed by atoms with Gasteiger partial charge in [0.05, 0.1) is 6.04 Å². The zero-order valence-electron chi connectivity index (χ0n) is 9.52. The molecule has 0 saturated carbocycles. The summed E-state index contributed by atoms with van der Waals surface area (Å²) in [5, 5.41) is 0. The van der Waals surface area contributed by atoms with Gasteiger partial charge >= 0.3 is 0 Å². The van der Waals surface area contributed by atoms with Gasteiger partial charge in [0.15, 0.2) is 0 Å². The molecule has 0 radical (unpaired) electrons. The molecule has 3 heteroatoms. The fraction of sp³-hybridized carbons (Fsp3) is 0.800. The van der Waals surface area contributed by atoms with E-state index in [9.17, 15) is 0 Å². The van der Waals surface area contributed by atoms with Crippen LogP contribution in [0.4, 0.5) is 0 Å². The Morgan fingerprint density at radius 1 is 1.62 bits per heavy atom. The number of nitrogens with one attached hydrogen (secondary N) is 1. The molecule has 0 aliphatic heterocycles. The molecule has 78 valence electrons. The third-order valence-electron chi connectivity index (χ3n) is 3.02. The van der Waals surface area contributed by atoms with Crippen LogP contribution in [0.15, 0.2) is 12.2 Å². The molecule has 0 amide bonds. The van der Waals surface area contributed by atoms with Crippen molar-refractivity contribution < 1.29 is 0 Å². The van der Waals surface area contributed by atoms with Crippen LogP contribution in [0.2, 0.25) is 0 Å². The lowest BCUT2D eigenvalue weighted by atomic mass is 9.85. The molecule has 0 saturated heterocycles. The summed E-state index contributed by atoms with van der Waals surface area (Å²) >= 11 is 0. The van der Waals surface area contributed by atoms with Crippen LogP contribution < -0.4 is 11.3 Å². The Morgan fingerprint density at radius 2 is 2.08 bits per heavy atom. The predicted octanol–water partition coefficient (Wildman–Crippen LogP) is 1.12. The second kappa shape index (κ2) is 4.74. The molecule has 0 fully saturated rings. The Morgan fingerprint density at radius 3 is 2.15 bits per heavy atom. The lowest BCUT2D eigenvalue weighted by molar-refractivity contribution is 0.128. The first kappa shape index (κ1) is 12.6. The maximum absolute atomic E-state index is 5.54. The number of nitrogens with two attached hydrogens (primary N) is 1. The molecule has 2 unspecified atom stereocenters. The highest BCUT2D eigenvalue weighted by Crippen LogP contribution is 2.24. The van der Waals surface area contributed by atoms with Crippen molar-refractivity contribution in [3.8, 4) is 0 Å². The number of hydrogen-bond donors (Lipinski definition) is 2. The van der Waals surface area contributed by atoms with E-state index in [1.807, 2.05) is 6.92 Å². The summed E-state index contributed by atoms with van der Waals surface area (Å²) in [4.78, 5) is 2.19. The fourth-order valence-corrected chi connectivity index (χ4v) is 1.63. The van der Waals surface area contributed by atoms with Crippen LogP contribution in [0.1, 0.15) is 27.2 Å². The molecule has 0 heterocycles. The summed E-state index contributed by atoms with van der Waals surface area (Å²) in [5.41, 5.74) is 3.93. The molecule has 0 aromatic carbocycles. The lowest BCUT2D eigenvalue weighted by Gasteiger charge is -2.42. The van der Waals surface area contributed by atoms with Crippen LogP contribution in [0.25, 0.3) is 0 Å². The quantitative estimate of drug-likeness (QED) is 0.383. The summed E-state index contributed by atoms with van der Waals surface area (Å²) in [6, 6.07) is 0.132. The van der Waals surface area contributed by atoms with Crippen LogP contribution in [-0.2, 0) is 0 Å². The highest BCUT2D eigenvalue weighted by Gasteiger charge is 2.34. The Balaban J connectivity index is 4.80. The van der Waals surface area contributed by atoms with E-state index in [0.29, 0.717) is 0 Å². The van der Waals surface area contributed by atoms with Crippen LogP contribution >= 0.6 is 0 Å². The predicted molar refractivity (Wildman–Crippen MR) is 58.3 cm³/mol. The molecule has 0 bridgehead atoms. The zero-order chi connectivity index (χ0) is 10.6. The highest BCUT2D eigenvalue weighted by atomic mass is 15.3. The van der Waals surface area contributed by atoms with Crippen molar-refractivity contribution in [3.63, 3.8) is 0 Å². The molecule has 0 spiro atoms. The largest absolute Gasteiger partial charge is 0.302 e. The van der Waals surface area contributed by atoms with Gasteiger partial charge in [0.25, 0.3) is 0 Å². The SMILES string of the molecule is C=C(C)C(NN)C(C)(CC)N(C)C. The van der Waals surface area contributed by atoms with Crippen LogP contribution in [-0.4, -0.2) is 30.6 Å². The van der Waals surface area contributed by atoms with Gasteiger partial charge in [0, 0.05) is 5.54 Å². The highest BCUT2D eigenvalue weighted by molar-refractivity contribution is 5.12. The van der Waals surface area contributed by atoms with Crippen molar-refractivity contribution >= 4 is 0 Å². The topological polar surface area (TPSA) is 41.3 Å². The van der Waals surface area contributed by atoms with Crippen molar-refractivity contribution in [1.82, 2.24) is 10.3 Å². The van der Waals surface area contributed by atoms with Gasteiger partial charge in [-0.2, -0.15) is 0 Å². The average Bonchev–Trinajstić information content (AvgIpc) is 2.04. The van der Waals surface area contributed by atoms with Crippen molar-refractivity contribution in [2.75, 3.05) is 14.1 Å². The van der Waals surface area contributed by atoms with E-state index in [-0.39, 0.29) is 11.6 Å². The fourth-order valence-electron chi connectivity index (χ4n) is 1.63. The number of nitrogens with zero attached hydrogens (tertiary/aromatic N) is 1. The lowest BCUT2D eigenvalue weighted by Crippen LogP contribution is -2.59. The zero-order valence-corrected chi connectivity index (χ0v) is 9.52. The molecule has 13 heavy (non-hydrogen) atoms. The third-order valence-corrected chi connectivity index (χ3v) is 3.02. The van der Waals surface area contributed by atoms with Gasteiger partial charge < -0.3 is 4.90 Å². The van der Waals surface area contributed by atoms with Gasteiger partial charge in [-0.3, -0.25) is 11.3 Å².